The minimum Gasteiger partial charge on any atom is -0.381 e. The van der Waals surface area contributed by atoms with Crippen molar-refractivity contribution < 1.29 is 4.74 Å². The minimum absolute atomic E-state index is 0.817. The summed E-state index contributed by atoms with van der Waals surface area (Å²) in [5, 5.41) is 0. The molecule has 0 aromatic heterocycles. The summed E-state index contributed by atoms with van der Waals surface area (Å²) in [5.41, 5.74) is 0. The Morgan fingerprint density at radius 3 is 2.60 bits per heavy atom. The van der Waals surface area contributed by atoms with Crippen molar-refractivity contribution in [3.8, 4) is 0 Å². The molecule has 1 saturated heterocycles. The van der Waals surface area contributed by atoms with E-state index in [1.807, 2.05) is 0 Å². The van der Waals surface area contributed by atoms with Gasteiger partial charge in [-0.3, -0.25) is 0 Å². The van der Waals surface area contributed by atoms with E-state index in [2.05, 4.69) is 0 Å². The Balaban J connectivity index is 2.02. The Morgan fingerprint density at radius 2 is 2.00 bits per heavy atom. The third-order valence-corrected chi connectivity index (χ3v) is 2.35. The lowest BCUT2D eigenvalue weighted by atomic mass is 9.95. The first-order valence-corrected chi connectivity index (χ1v) is 4.60. The fraction of sp³-hybridized carbons (Fsp3) is 1.00. The molecule has 1 heterocycles. The molecule has 0 unspecified atom stereocenters. The molecule has 1 nitrogen and oxygen atoms in total. The van der Waals surface area contributed by atoms with Gasteiger partial charge in [-0.25, -0.2) is 0 Å². The Hall–Kier alpha value is 0.250. The highest BCUT2D eigenvalue weighted by Gasteiger charge is 2.12. The molecule has 60 valence electrons. The van der Waals surface area contributed by atoms with Gasteiger partial charge in [0, 0.05) is 19.1 Å². The summed E-state index contributed by atoms with van der Waals surface area (Å²) in [7, 11) is 0. The zero-order chi connectivity index (χ0) is 7.23. The van der Waals surface area contributed by atoms with Crippen molar-refractivity contribution in [1.82, 2.24) is 0 Å². The van der Waals surface area contributed by atoms with E-state index in [-0.39, 0.29) is 0 Å². The van der Waals surface area contributed by atoms with E-state index in [0.29, 0.717) is 0 Å². The normalized spacial score (nSPS) is 21.3. The van der Waals surface area contributed by atoms with Gasteiger partial charge in [-0.05, 0) is 31.6 Å². The van der Waals surface area contributed by atoms with Crippen molar-refractivity contribution in [1.29, 1.82) is 0 Å². The average Bonchev–Trinajstić information content (AvgIpc) is 2.03. The second-order valence-corrected chi connectivity index (χ2v) is 3.26. The van der Waals surface area contributed by atoms with Gasteiger partial charge < -0.3 is 4.74 Å². The van der Waals surface area contributed by atoms with Crippen LogP contribution in [0.1, 0.15) is 25.7 Å². The smallest absolute Gasteiger partial charge is 0.0468 e. The third kappa shape index (κ3) is 2.89. The molecular weight excluding hydrogens is 148 g/mol. The molecule has 0 aliphatic carbocycles. The maximum Gasteiger partial charge on any atom is 0.0468 e. The number of hydrogen-bond donors (Lipinski definition) is 0. The second-order valence-electron chi connectivity index (χ2n) is 2.89. The molecule has 1 fully saturated rings. The van der Waals surface area contributed by atoms with Crippen LogP contribution in [-0.2, 0) is 4.74 Å². The summed E-state index contributed by atoms with van der Waals surface area (Å²) < 4.78 is 5.25. The van der Waals surface area contributed by atoms with Crippen molar-refractivity contribution in [2.75, 3.05) is 19.1 Å². The highest BCUT2D eigenvalue weighted by Crippen LogP contribution is 2.19. The highest BCUT2D eigenvalue weighted by molar-refractivity contribution is 6.17. The van der Waals surface area contributed by atoms with E-state index in [0.717, 1.165) is 25.0 Å². The summed E-state index contributed by atoms with van der Waals surface area (Å²) in [5.74, 6) is 1.71. The van der Waals surface area contributed by atoms with E-state index in [4.69, 9.17) is 16.3 Å². The quantitative estimate of drug-likeness (QED) is 0.580. The molecule has 10 heavy (non-hydrogen) atoms. The highest BCUT2D eigenvalue weighted by atomic mass is 35.5. The standard InChI is InChI=1S/C8H15ClO/c9-5-1-2-8-3-6-10-7-4-8/h8H,1-7H2. The van der Waals surface area contributed by atoms with Gasteiger partial charge >= 0.3 is 0 Å². The largest absolute Gasteiger partial charge is 0.381 e. The van der Waals surface area contributed by atoms with Crippen LogP contribution in [0.2, 0.25) is 0 Å². The van der Waals surface area contributed by atoms with Gasteiger partial charge in [0.25, 0.3) is 0 Å². The molecule has 0 amide bonds. The SMILES string of the molecule is ClCCCC1CCOCC1. The molecule has 0 spiro atoms. The molecule has 0 radical (unpaired) electrons. The predicted octanol–water partition coefficient (Wildman–Crippen LogP) is 2.43. The van der Waals surface area contributed by atoms with Crippen LogP contribution < -0.4 is 0 Å². The van der Waals surface area contributed by atoms with Crippen LogP contribution in [0.4, 0.5) is 0 Å². The Kier molecular flexibility index (Phi) is 4.15. The molecule has 0 aromatic carbocycles. The molecule has 0 saturated carbocycles. The van der Waals surface area contributed by atoms with Crippen molar-refractivity contribution >= 4 is 11.6 Å². The first kappa shape index (κ1) is 8.35. The summed E-state index contributed by atoms with van der Waals surface area (Å²) in [6.45, 7) is 1.93. The summed E-state index contributed by atoms with van der Waals surface area (Å²) in [6, 6.07) is 0. The molecule has 0 aromatic rings. The average molecular weight is 163 g/mol. The van der Waals surface area contributed by atoms with Gasteiger partial charge in [0.1, 0.15) is 0 Å². The lowest BCUT2D eigenvalue weighted by Crippen LogP contribution is -2.15. The van der Waals surface area contributed by atoms with Crippen LogP contribution >= 0.6 is 11.6 Å². The van der Waals surface area contributed by atoms with Gasteiger partial charge in [0.2, 0.25) is 0 Å². The summed E-state index contributed by atoms with van der Waals surface area (Å²) >= 11 is 5.59. The third-order valence-electron chi connectivity index (χ3n) is 2.09. The molecule has 1 aliphatic rings. The number of ether oxygens (including phenoxy) is 1. The van der Waals surface area contributed by atoms with E-state index in [1.165, 1.54) is 25.7 Å². The number of hydrogen-bond acceptors (Lipinski definition) is 1. The summed E-state index contributed by atoms with van der Waals surface area (Å²) in [6.07, 6.45) is 4.97. The molecule has 1 aliphatic heterocycles. The fourth-order valence-electron chi connectivity index (χ4n) is 1.40. The van der Waals surface area contributed by atoms with Crippen molar-refractivity contribution in [2.45, 2.75) is 25.7 Å². The molecule has 0 N–H and O–H groups in total. The topological polar surface area (TPSA) is 9.23 Å². The molecule has 0 atom stereocenters. The van der Waals surface area contributed by atoms with E-state index in [1.54, 1.807) is 0 Å². The van der Waals surface area contributed by atoms with Crippen LogP contribution in [0.5, 0.6) is 0 Å². The van der Waals surface area contributed by atoms with Gasteiger partial charge in [-0.1, -0.05) is 0 Å². The predicted molar refractivity (Wildman–Crippen MR) is 43.5 cm³/mol. The zero-order valence-corrected chi connectivity index (χ0v) is 7.07. The van der Waals surface area contributed by atoms with E-state index >= 15 is 0 Å². The van der Waals surface area contributed by atoms with E-state index in [9.17, 15) is 0 Å². The van der Waals surface area contributed by atoms with Crippen LogP contribution in [0.15, 0.2) is 0 Å². The minimum atomic E-state index is 0.817. The zero-order valence-electron chi connectivity index (χ0n) is 6.31. The Labute approximate surface area is 67.7 Å². The first-order valence-electron chi connectivity index (χ1n) is 4.07. The summed E-state index contributed by atoms with van der Waals surface area (Å²) in [4.78, 5) is 0. The van der Waals surface area contributed by atoms with Crippen LogP contribution in [0, 0.1) is 5.92 Å². The first-order chi connectivity index (χ1) is 4.93. The maximum atomic E-state index is 5.59. The molecule has 0 bridgehead atoms. The Morgan fingerprint density at radius 1 is 1.30 bits per heavy atom. The van der Waals surface area contributed by atoms with Crippen LogP contribution in [0.3, 0.4) is 0 Å². The monoisotopic (exact) mass is 162 g/mol. The van der Waals surface area contributed by atoms with Gasteiger partial charge in [-0.15, -0.1) is 11.6 Å². The van der Waals surface area contributed by atoms with Crippen molar-refractivity contribution in [3.05, 3.63) is 0 Å². The van der Waals surface area contributed by atoms with Gasteiger partial charge in [0.15, 0.2) is 0 Å². The van der Waals surface area contributed by atoms with Crippen molar-refractivity contribution in [2.24, 2.45) is 5.92 Å². The van der Waals surface area contributed by atoms with E-state index < -0.39 is 0 Å². The Bertz CT molecular complexity index is 79.3. The lowest BCUT2D eigenvalue weighted by Gasteiger charge is -2.21. The molecule has 2 heteroatoms. The fourth-order valence-corrected chi connectivity index (χ4v) is 1.56. The van der Waals surface area contributed by atoms with Gasteiger partial charge in [0.05, 0.1) is 0 Å². The van der Waals surface area contributed by atoms with Crippen LogP contribution in [-0.4, -0.2) is 19.1 Å². The molecular formula is C8H15ClO. The molecule has 1 rings (SSSR count). The lowest BCUT2D eigenvalue weighted by molar-refractivity contribution is 0.0638. The van der Waals surface area contributed by atoms with Crippen molar-refractivity contribution in [3.63, 3.8) is 0 Å². The van der Waals surface area contributed by atoms with Gasteiger partial charge in [-0.2, -0.15) is 0 Å². The number of alkyl halides is 1. The van der Waals surface area contributed by atoms with Crippen LogP contribution in [0.25, 0.3) is 0 Å². The number of halogens is 1. The maximum absolute atomic E-state index is 5.59. The second kappa shape index (κ2) is 4.97. The number of rotatable bonds is 3.